The molecule has 10 heteroatoms. The van der Waals surface area contributed by atoms with Crippen molar-refractivity contribution in [2.45, 2.75) is 31.6 Å². The van der Waals surface area contributed by atoms with Crippen LogP contribution in [0.25, 0.3) is 21.9 Å². The van der Waals surface area contributed by atoms with Gasteiger partial charge in [0.15, 0.2) is 5.65 Å². The van der Waals surface area contributed by atoms with Crippen molar-refractivity contribution in [1.29, 1.82) is 5.26 Å². The van der Waals surface area contributed by atoms with Crippen molar-refractivity contribution in [3.8, 4) is 11.8 Å². The quantitative estimate of drug-likeness (QED) is 0.370. The fourth-order valence-corrected chi connectivity index (χ4v) is 7.69. The van der Waals surface area contributed by atoms with E-state index in [9.17, 15) is 8.42 Å². The van der Waals surface area contributed by atoms with Crippen LogP contribution < -0.4 is 4.74 Å². The summed E-state index contributed by atoms with van der Waals surface area (Å²) in [5, 5.41) is 11.2. The van der Waals surface area contributed by atoms with E-state index in [2.05, 4.69) is 32.0 Å². The van der Waals surface area contributed by atoms with Gasteiger partial charge in [0.1, 0.15) is 11.6 Å². The smallest absolute Gasteiger partial charge is 0.227 e. The Hall–Kier alpha value is -3.52. The number of hydrogen-bond acceptors (Lipinski definition) is 7. The number of sulfonamides is 1. The molecule has 6 rings (SSSR count). The van der Waals surface area contributed by atoms with Crippen LogP contribution >= 0.6 is 0 Å². The third-order valence-electron chi connectivity index (χ3n) is 8.04. The minimum absolute atomic E-state index is 0.0627. The Bertz CT molecular complexity index is 1600. The third kappa shape index (κ3) is 5.48. The Morgan fingerprint density at radius 1 is 1.05 bits per heavy atom. The van der Waals surface area contributed by atoms with E-state index in [0.29, 0.717) is 36.9 Å². The Morgan fingerprint density at radius 2 is 1.87 bits per heavy atom. The fourth-order valence-electron chi connectivity index (χ4n) is 5.97. The van der Waals surface area contributed by atoms with Gasteiger partial charge < -0.3 is 9.72 Å². The Morgan fingerprint density at radius 3 is 2.67 bits per heavy atom. The highest BCUT2D eigenvalue weighted by Gasteiger charge is 2.32. The lowest BCUT2D eigenvalue weighted by atomic mass is 9.87. The summed E-state index contributed by atoms with van der Waals surface area (Å²) in [4.78, 5) is 14.2. The minimum Gasteiger partial charge on any atom is -0.493 e. The molecule has 0 saturated carbocycles. The lowest BCUT2D eigenvalue weighted by Gasteiger charge is -2.36. The first-order valence-electron chi connectivity index (χ1n) is 13.5. The summed E-state index contributed by atoms with van der Waals surface area (Å²) in [5.74, 6) is 1.27. The van der Waals surface area contributed by atoms with Crippen LogP contribution in [-0.2, 0) is 10.0 Å². The maximum Gasteiger partial charge on any atom is 0.227 e. The average molecular weight is 545 g/mol. The van der Waals surface area contributed by atoms with Gasteiger partial charge in [-0.3, -0.25) is 4.90 Å². The number of nitrogens with zero attached hydrogens (tertiary/aromatic N) is 5. The van der Waals surface area contributed by atoms with Crippen LogP contribution in [0.5, 0.6) is 5.75 Å². The molecular weight excluding hydrogens is 512 g/mol. The van der Waals surface area contributed by atoms with Crippen LogP contribution in [0, 0.1) is 17.2 Å². The molecule has 0 bridgehead atoms. The summed E-state index contributed by atoms with van der Waals surface area (Å²) in [6.45, 7) is 3.01. The van der Waals surface area contributed by atoms with Gasteiger partial charge in [-0.05, 0) is 86.7 Å². The number of ether oxygens (including phenoxy) is 1. The zero-order chi connectivity index (χ0) is 26.8. The van der Waals surface area contributed by atoms with Crippen LogP contribution in [0.4, 0.5) is 0 Å². The highest BCUT2D eigenvalue weighted by atomic mass is 32.2. The highest BCUT2D eigenvalue weighted by Crippen LogP contribution is 2.35. The number of hydrogen-bond donors (Lipinski definition) is 1. The SMILES string of the molecule is N#Cc1ccc(OCC2CCCN(S(=O)(=O)CN3CCC(c4cc[nH]c5cnc6nccc6c45)CC3)C2)cc1. The third-order valence-corrected chi connectivity index (χ3v) is 9.85. The van der Waals surface area contributed by atoms with Gasteiger partial charge in [0.2, 0.25) is 10.0 Å². The molecule has 3 aromatic heterocycles. The van der Waals surface area contributed by atoms with Crippen molar-refractivity contribution in [2.75, 3.05) is 38.7 Å². The van der Waals surface area contributed by atoms with Gasteiger partial charge in [0.25, 0.3) is 0 Å². The number of piperidine rings is 2. The largest absolute Gasteiger partial charge is 0.493 e. The van der Waals surface area contributed by atoms with Gasteiger partial charge >= 0.3 is 0 Å². The summed E-state index contributed by atoms with van der Waals surface area (Å²) in [6, 6.07) is 13.3. The molecular formula is C29H32N6O3S. The molecule has 1 unspecified atom stereocenters. The van der Waals surface area contributed by atoms with E-state index in [1.165, 1.54) is 10.9 Å². The zero-order valence-electron chi connectivity index (χ0n) is 21.8. The molecule has 2 aliphatic heterocycles. The van der Waals surface area contributed by atoms with E-state index in [0.717, 1.165) is 55.3 Å². The molecule has 2 fully saturated rings. The van der Waals surface area contributed by atoms with Crippen LogP contribution in [-0.4, -0.2) is 71.2 Å². The molecule has 9 nitrogen and oxygen atoms in total. The number of H-pyrrole nitrogens is 1. The summed E-state index contributed by atoms with van der Waals surface area (Å²) < 4.78 is 34.3. The lowest BCUT2D eigenvalue weighted by Crippen LogP contribution is -2.47. The predicted molar refractivity (Wildman–Crippen MR) is 150 cm³/mol. The first-order chi connectivity index (χ1) is 19.0. The van der Waals surface area contributed by atoms with E-state index >= 15 is 0 Å². The molecule has 0 radical (unpaired) electrons. The standard InChI is InChI=1S/C29H32N6O3S/c30-16-21-3-5-24(6-4-21)38-19-22-2-1-13-35(18-22)39(36,37)20-34-14-9-23(10-15-34)25-7-11-31-27-17-33-29-26(28(25)27)8-12-32-29/h3-8,11-12,17,22-23,31H,1-2,9-10,13-15,18-20H2. The van der Waals surface area contributed by atoms with Gasteiger partial charge in [-0.25, -0.2) is 22.7 Å². The van der Waals surface area contributed by atoms with Gasteiger partial charge in [0.05, 0.1) is 30.0 Å². The number of nitrogens with one attached hydrogen (secondary N) is 1. The number of aromatic nitrogens is 3. The molecule has 2 saturated heterocycles. The molecule has 1 atom stereocenters. The first kappa shape index (κ1) is 25.7. The fraction of sp³-hybridized carbons (Fsp3) is 0.414. The molecule has 0 spiro atoms. The topological polar surface area (TPSA) is 115 Å². The molecule has 1 N–H and O–H groups in total. The maximum atomic E-state index is 13.4. The number of aromatic amines is 1. The van der Waals surface area contributed by atoms with Gasteiger partial charge in [-0.15, -0.1) is 0 Å². The van der Waals surface area contributed by atoms with Crippen molar-refractivity contribution >= 4 is 32.0 Å². The molecule has 0 amide bonds. The Balaban J connectivity index is 1.06. The molecule has 1 aromatic carbocycles. The van der Waals surface area contributed by atoms with Gasteiger partial charge in [0, 0.05) is 42.2 Å². The molecule has 0 aliphatic carbocycles. The molecule has 4 aromatic rings. The first-order valence-corrected chi connectivity index (χ1v) is 15.1. The van der Waals surface area contributed by atoms with Crippen LogP contribution in [0.1, 0.15) is 42.7 Å². The van der Waals surface area contributed by atoms with Crippen LogP contribution in [0.3, 0.4) is 0 Å². The second-order valence-electron chi connectivity index (χ2n) is 10.6. The number of fused-ring (bicyclic) bond motifs is 3. The summed E-state index contributed by atoms with van der Waals surface area (Å²) in [6.07, 6.45) is 9.21. The molecule has 202 valence electrons. The number of rotatable bonds is 7. The van der Waals surface area contributed by atoms with E-state index in [1.54, 1.807) is 34.8 Å². The van der Waals surface area contributed by atoms with Crippen LogP contribution in [0.2, 0.25) is 0 Å². The second kappa shape index (κ2) is 10.9. The normalized spacial score (nSPS) is 19.8. The lowest BCUT2D eigenvalue weighted by molar-refractivity contribution is 0.176. The number of pyridine rings is 2. The number of likely N-dealkylation sites (tertiary alicyclic amines) is 1. The van der Waals surface area contributed by atoms with E-state index in [4.69, 9.17) is 10.00 Å². The molecule has 5 heterocycles. The Kier molecular flexibility index (Phi) is 7.21. The summed E-state index contributed by atoms with van der Waals surface area (Å²) in [7, 11) is -3.40. The maximum absolute atomic E-state index is 13.4. The Labute approximate surface area is 228 Å². The number of benzene rings is 1. The van der Waals surface area contributed by atoms with Crippen molar-refractivity contribution in [2.24, 2.45) is 5.92 Å². The van der Waals surface area contributed by atoms with Crippen molar-refractivity contribution in [3.63, 3.8) is 0 Å². The minimum atomic E-state index is -3.40. The monoisotopic (exact) mass is 544 g/mol. The predicted octanol–water partition coefficient (Wildman–Crippen LogP) is 4.24. The van der Waals surface area contributed by atoms with Crippen molar-refractivity contribution < 1.29 is 13.2 Å². The van der Waals surface area contributed by atoms with Gasteiger partial charge in [-0.1, -0.05) is 0 Å². The highest BCUT2D eigenvalue weighted by molar-refractivity contribution is 7.89. The van der Waals surface area contributed by atoms with E-state index in [-0.39, 0.29) is 11.8 Å². The van der Waals surface area contributed by atoms with Crippen molar-refractivity contribution in [1.82, 2.24) is 24.2 Å². The van der Waals surface area contributed by atoms with Gasteiger partial charge in [-0.2, -0.15) is 5.26 Å². The second-order valence-corrected chi connectivity index (χ2v) is 12.5. The molecule has 2 aliphatic rings. The van der Waals surface area contributed by atoms with E-state index < -0.39 is 10.0 Å². The van der Waals surface area contributed by atoms with Crippen molar-refractivity contribution in [3.05, 3.63) is 66.1 Å². The summed E-state index contributed by atoms with van der Waals surface area (Å²) in [5.41, 5.74) is 3.63. The zero-order valence-corrected chi connectivity index (χ0v) is 22.6. The average Bonchev–Trinajstić information content (AvgIpc) is 3.46. The van der Waals surface area contributed by atoms with Crippen LogP contribution in [0.15, 0.2) is 55.0 Å². The summed E-state index contributed by atoms with van der Waals surface area (Å²) >= 11 is 0. The van der Waals surface area contributed by atoms with E-state index in [1.807, 2.05) is 18.5 Å². The molecule has 39 heavy (non-hydrogen) atoms. The number of nitriles is 1.